The molecular formula is C18H13BrF4N6O3. The predicted molar refractivity (Wildman–Crippen MR) is 108 cm³/mol. The van der Waals surface area contributed by atoms with Crippen molar-refractivity contribution in [2.24, 2.45) is 10.9 Å². The highest BCUT2D eigenvalue weighted by Gasteiger charge is 2.46. The summed E-state index contributed by atoms with van der Waals surface area (Å²) in [5.41, 5.74) is 5.55. The summed E-state index contributed by atoms with van der Waals surface area (Å²) in [6.07, 6.45) is -5.28. The highest BCUT2D eigenvalue weighted by atomic mass is 79.9. The van der Waals surface area contributed by atoms with Crippen LogP contribution in [0, 0.1) is 5.82 Å². The van der Waals surface area contributed by atoms with Crippen LogP contribution in [0.25, 0.3) is 0 Å². The minimum Gasteiger partial charge on any atom is -0.409 e. The molecule has 3 aromatic rings. The van der Waals surface area contributed by atoms with Crippen LogP contribution in [0.15, 0.2) is 56.7 Å². The van der Waals surface area contributed by atoms with E-state index in [2.05, 4.69) is 41.3 Å². The lowest BCUT2D eigenvalue weighted by Crippen LogP contribution is -2.39. The third kappa shape index (κ3) is 4.86. The number of amidine groups is 1. The third-order valence-electron chi connectivity index (χ3n) is 4.07. The molecule has 1 heterocycles. The Balaban J connectivity index is 2.06. The molecule has 14 heteroatoms. The van der Waals surface area contributed by atoms with Crippen LogP contribution >= 0.6 is 15.9 Å². The number of hydrogen-bond donors (Lipinski definition) is 3. The number of carbonyl (C=O) groups excluding carboxylic acids is 1. The number of nitrogens with two attached hydrogens (primary N) is 1. The molecule has 4 N–H and O–H groups in total. The highest BCUT2D eigenvalue weighted by molar-refractivity contribution is 9.10. The van der Waals surface area contributed by atoms with Crippen LogP contribution in [0.3, 0.4) is 0 Å². The molecule has 168 valence electrons. The summed E-state index contributed by atoms with van der Waals surface area (Å²) in [4.78, 5) is 12.4. The number of benzene rings is 2. The van der Waals surface area contributed by atoms with Crippen LogP contribution in [0.4, 0.5) is 34.8 Å². The van der Waals surface area contributed by atoms with E-state index in [9.17, 15) is 27.6 Å². The van der Waals surface area contributed by atoms with Crippen molar-refractivity contribution in [2.45, 2.75) is 12.7 Å². The zero-order chi connectivity index (χ0) is 23.5. The van der Waals surface area contributed by atoms with Gasteiger partial charge in [0.25, 0.3) is 0 Å². The molecule has 0 saturated carbocycles. The molecule has 0 unspecified atom stereocenters. The van der Waals surface area contributed by atoms with Gasteiger partial charge in [0.15, 0.2) is 5.69 Å². The Kier molecular flexibility index (Phi) is 6.74. The molecule has 2 aromatic carbocycles. The average molecular weight is 517 g/mol. The first-order valence-corrected chi connectivity index (χ1v) is 9.42. The first-order chi connectivity index (χ1) is 15.2. The van der Waals surface area contributed by atoms with Gasteiger partial charge in [-0.25, -0.2) is 9.02 Å². The second kappa shape index (κ2) is 9.32. The molecule has 3 rings (SSSR count). The Morgan fingerprint density at radius 2 is 1.91 bits per heavy atom. The summed E-state index contributed by atoms with van der Waals surface area (Å²) in [7, 11) is 0. The van der Waals surface area contributed by atoms with Crippen LogP contribution in [0.1, 0.15) is 11.3 Å². The van der Waals surface area contributed by atoms with Crippen molar-refractivity contribution < 1.29 is 32.2 Å². The second-order valence-electron chi connectivity index (χ2n) is 6.15. The lowest BCUT2D eigenvalue weighted by molar-refractivity contribution is -0.169. The fraction of sp³-hybridized carbons (Fsp3) is 0.111. The Bertz CT molecular complexity index is 1150. The van der Waals surface area contributed by atoms with E-state index in [-0.39, 0.29) is 27.3 Å². The second-order valence-corrected chi connectivity index (χ2v) is 7.00. The maximum Gasteiger partial charge on any atom is 0.472 e. The smallest absolute Gasteiger partial charge is 0.409 e. The molecule has 0 spiro atoms. The van der Waals surface area contributed by atoms with Gasteiger partial charge in [-0.2, -0.15) is 13.2 Å². The first kappa shape index (κ1) is 23.1. The number of oxime groups is 1. The van der Waals surface area contributed by atoms with E-state index in [0.29, 0.717) is 5.56 Å². The number of carbonyl (C=O) groups is 1. The summed E-state index contributed by atoms with van der Waals surface area (Å²) in [6, 6.07) is 8.93. The molecule has 1 amide bonds. The van der Waals surface area contributed by atoms with Crippen molar-refractivity contribution in [1.29, 1.82) is 0 Å². The van der Waals surface area contributed by atoms with Crippen molar-refractivity contribution in [3.8, 4) is 0 Å². The van der Waals surface area contributed by atoms with Gasteiger partial charge in [-0.1, -0.05) is 17.3 Å². The van der Waals surface area contributed by atoms with Crippen molar-refractivity contribution in [3.63, 3.8) is 0 Å². The molecule has 0 saturated heterocycles. The van der Waals surface area contributed by atoms with Crippen molar-refractivity contribution in [3.05, 3.63) is 64.0 Å². The molecule has 0 aliphatic rings. The normalized spacial score (nSPS) is 12.0. The highest BCUT2D eigenvalue weighted by Crippen LogP contribution is 2.32. The van der Waals surface area contributed by atoms with Crippen LogP contribution < -0.4 is 16.0 Å². The minimum atomic E-state index is -5.28. The Morgan fingerprint density at radius 1 is 1.22 bits per heavy atom. The quantitative estimate of drug-likeness (QED) is 0.154. The maximum absolute atomic E-state index is 13.5. The molecule has 0 aliphatic carbocycles. The number of anilines is 3. The Hall–Kier alpha value is -3.52. The van der Waals surface area contributed by atoms with Gasteiger partial charge >= 0.3 is 12.1 Å². The fourth-order valence-electron chi connectivity index (χ4n) is 2.57. The van der Waals surface area contributed by atoms with Crippen LogP contribution in [0.2, 0.25) is 0 Å². The Labute approximate surface area is 185 Å². The van der Waals surface area contributed by atoms with E-state index in [0.717, 1.165) is 6.07 Å². The van der Waals surface area contributed by atoms with Crippen LogP contribution in [-0.4, -0.2) is 33.4 Å². The number of nitrogens with one attached hydrogen (secondary N) is 1. The van der Waals surface area contributed by atoms with Gasteiger partial charge in [-0.3, -0.25) is 9.69 Å². The van der Waals surface area contributed by atoms with E-state index in [1.807, 2.05) is 0 Å². The summed E-state index contributed by atoms with van der Waals surface area (Å²) in [5.74, 6) is -4.09. The number of nitrogens with zero attached hydrogens (tertiary/aromatic N) is 4. The summed E-state index contributed by atoms with van der Waals surface area (Å²) >= 11 is 2.98. The standard InChI is InChI=1S/C18H13BrF4N6O3/c19-12-7-10(3-6-13(12)20)25-15(26-31)14-16(28-32-27-14)29(17(30)18(21,22)23)11-4-1-9(8-24)2-5-11/h1-7,31H,8,24H2,(H,25,26). The average Bonchev–Trinajstić information content (AvgIpc) is 3.23. The third-order valence-corrected chi connectivity index (χ3v) is 4.67. The molecule has 1 aromatic heterocycles. The molecule has 0 fully saturated rings. The van der Waals surface area contributed by atoms with Gasteiger partial charge in [-0.05, 0) is 62.1 Å². The summed E-state index contributed by atoms with van der Waals surface area (Å²) in [5, 5.41) is 21.8. The molecule has 32 heavy (non-hydrogen) atoms. The molecule has 9 nitrogen and oxygen atoms in total. The van der Waals surface area contributed by atoms with E-state index >= 15 is 0 Å². The zero-order valence-electron chi connectivity index (χ0n) is 15.8. The molecule has 0 aliphatic heterocycles. The summed E-state index contributed by atoms with van der Waals surface area (Å²) in [6.45, 7) is 0.128. The number of hydrogen-bond acceptors (Lipinski definition) is 7. The first-order valence-electron chi connectivity index (χ1n) is 8.63. The summed E-state index contributed by atoms with van der Waals surface area (Å²) < 4.78 is 58.1. The molecular weight excluding hydrogens is 504 g/mol. The topological polar surface area (TPSA) is 130 Å². The van der Waals surface area contributed by atoms with Gasteiger partial charge in [0.1, 0.15) is 5.82 Å². The Morgan fingerprint density at radius 3 is 2.47 bits per heavy atom. The minimum absolute atomic E-state index is 0.0622. The largest absolute Gasteiger partial charge is 0.472 e. The predicted octanol–water partition coefficient (Wildman–Crippen LogP) is 3.90. The molecule has 0 atom stereocenters. The number of amides is 1. The van der Waals surface area contributed by atoms with Gasteiger partial charge in [0, 0.05) is 12.2 Å². The zero-order valence-corrected chi connectivity index (χ0v) is 17.4. The SMILES string of the molecule is NCc1ccc(N(C(=O)C(F)(F)F)c2nonc2C(=NO)Nc2ccc(F)c(Br)c2)cc1. The molecule has 0 bridgehead atoms. The lowest BCUT2D eigenvalue weighted by Gasteiger charge is -2.22. The van der Waals surface area contributed by atoms with Gasteiger partial charge in [0.05, 0.1) is 10.2 Å². The number of aromatic nitrogens is 2. The number of halogens is 5. The van der Waals surface area contributed by atoms with E-state index < -0.39 is 35.2 Å². The monoisotopic (exact) mass is 516 g/mol. The van der Waals surface area contributed by atoms with Crippen LogP contribution in [0.5, 0.6) is 0 Å². The number of rotatable bonds is 5. The number of alkyl halides is 3. The van der Waals surface area contributed by atoms with Crippen molar-refractivity contribution in [2.75, 3.05) is 10.2 Å². The van der Waals surface area contributed by atoms with Crippen LogP contribution in [-0.2, 0) is 11.3 Å². The lowest BCUT2D eigenvalue weighted by atomic mass is 10.2. The van der Waals surface area contributed by atoms with E-state index in [1.165, 1.54) is 36.4 Å². The van der Waals surface area contributed by atoms with E-state index in [4.69, 9.17) is 5.73 Å². The van der Waals surface area contributed by atoms with Crippen molar-refractivity contribution in [1.82, 2.24) is 10.3 Å². The maximum atomic E-state index is 13.5. The van der Waals surface area contributed by atoms with Crippen molar-refractivity contribution >= 4 is 44.9 Å². The van der Waals surface area contributed by atoms with E-state index in [1.54, 1.807) is 0 Å². The molecule has 0 radical (unpaired) electrons. The van der Waals surface area contributed by atoms with Gasteiger partial charge in [0.2, 0.25) is 11.7 Å². The fourth-order valence-corrected chi connectivity index (χ4v) is 2.94. The van der Waals surface area contributed by atoms with Gasteiger partial charge in [-0.15, -0.1) is 0 Å². The van der Waals surface area contributed by atoms with Gasteiger partial charge < -0.3 is 16.3 Å².